The molecule has 0 spiro atoms. The summed E-state index contributed by atoms with van der Waals surface area (Å²) in [4.78, 5) is 12.0. The van der Waals surface area contributed by atoms with Crippen LogP contribution in [0.2, 0.25) is 0 Å². The zero-order valence-corrected chi connectivity index (χ0v) is 16.0. The lowest BCUT2D eigenvalue weighted by molar-refractivity contribution is 0.0505. The van der Waals surface area contributed by atoms with Crippen LogP contribution >= 0.6 is 0 Å². The van der Waals surface area contributed by atoms with Crippen LogP contribution in [0.15, 0.2) is 78.9 Å². The Morgan fingerprint density at radius 3 is 2.00 bits per heavy atom. The molecule has 0 bridgehead atoms. The summed E-state index contributed by atoms with van der Waals surface area (Å²) in [6.07, 6.45) is 0.805. The number of esters is 1. The Morgan fingerprint density at radius 2 is 1.36 bits per heavy atom. The molecule has 3 aromatic rings. The zero-order valence-electron chi connectivity index (χ0n) is 16.0. The Balaban J connectivity index is 1.51. The first-order valence-electron chi connectivity index (χ1n) is 9.40. The van der Waals surface area contributed by atoms with Crippen LogP contribution in [0.3, 0.4) is 0 Å². The van der Waals surface area contributed by atoms with Gasteiger partial charge in [-0.3, -0.25) is 0 Å². The third-order valence-corrected chi connectivity index (χ3v) is 4.08. The number of ether oxygens (including phenoxy) is 3. The summed E-state index contributed by atoms with van der Waals surface area (Å²) in [7, 11) is 0. The summed E-state index contributed by atoms with van der Waals surface area (Å²) in [6, 6.07) is 24.9. The van der Waals surface area contributed by atoms with E-state index in [1.54, 1.807) is 12.1 Å². The molecule has 0 aliphatic carbocycles. The molecule has 3 aromatic carbocycles. The normalized spacial score (nSPS) is 10.3. The quantitative estimate of drug-likeness (QED) is 0.468. The van der Waals surface area contributed by atoms with Crippen LogP contribution in [0.4, 0.5) is 0 Å². The van der Waals surface area contributed by atoms with Gasteiger partial charge in [-0.25, -0.2) is 4.79 Å². The van der Waals surface area contributed by atoms with Crippen LogP contribution in [0, 0.1) is 0 Å². The highest BCUT2D eigenvalue weighted by Gasteiger charge is 2.07. The van der Waals surface area contributed by atoms with Crippen molar-refractivity contribution >= 4 is 5.97 Å². The Morgan fingerprint density at radius 1 is 0.750 bits per heavy atom. The number of hydrogen-bond donors (Lipinski definition) is 0. The van der Waals surface area contributed by atoms with E-state index in [9.17, 15) is 4.79 Å². The van der Waals surface area contributed by atoms with E-state index in [0.29, 0.717) is 25.4 Å². The molecule has 0 fully saturated rings. The number of benzene rings is 3. The van der Waals surface area contributed by atoms with Crippen LogP contribution in [-0.2, 0) is 18.0 Å². The molecular formula is C24H24O4. The Kier molecular flexibility index (Phi) is 7.08. The first kappa shape index (κ1) is 19.5. The molecule has 0 N–H and O–H groups in total. The van der Waals surface area contributed by atoms with Gasteiger partial charge in [-0.2, -0.15) is 0 Å². The fourth-order valence-corrected chi connectivity index (χ4v) is 2.61. The van der Waals surface area contributed by atoms with E-state index in [1.807, 2.05) is 73.7 Å². The van der Waals surface area contributed by atoms with E-state index in [4.69, 9.17) is 14.2 Å². The first-order valence-corrected chi connectivity index (χ1v) is 9.40. The fraction of sp³-hybridized carbons (Fsp3) is 0.208. The van der Waals surface area contributed by atoms with E-state index in [1.165, 1.54) is 0 Å². The minimum absolute atomic E-state index is 0.302. The standard InChI is InChI=1S/C24H24O4/c1-2-15-26-24(25)21-10-6-9-20(16-21)18-28-23-13-11-22(12-14-23)27-17-19-7-4-3-5-8-19/h3-14,16H,2,15,17-18H2,1H3. The largest absolute Gasteiger partial charge is 0.489 e. The van der Waals surface area contributed by atoms with E-state index in [-0.39, 0.29) is 5.97 Å². The molecule has 3 rings (SSSR count). The molecule has 28 heavy (non-hydrogen) atoms. The predicted octanol–water partition coefficient (Wildman–Crippen LogP) is 5.41. The van der Waals surface area contributed by atoms with Crippen molar-refractivity contribution in [3.63, 3.8) is 0 Å². The van der Waals surface area contributed by atoms with Crippen molar-refractivity contribution in [3.05, 3.63) is 95.6 Å². The summed E-state index contributed by atoms with van der Waals surface area (Å²) in [5, 5.41) is 0. The molecule has 0 aliphatic rings. The maximum Gasteiger partial charge on any atom is 0.338 e. The van der Waals surface area contributed by atoms with Crippen molar-refractivity contribution in [1.29, 1.82) is 0 Å². The van der Waals surface area contributed by atoms with Gasteiger partial charge >= 0.3 is 5.97 Å². The lowest BCUT2D eigenvalue weighted by Gasteiger charge is -2.10. The molecular weight excluding hydrogens is 352 g/mol. The van der Waals surface area contributed by atoms with Gasteiger partial charge in [-0.05, 0) is 53.9 Å². The maximum absolute atomic E-state index is 12.0. The van der Waals surface area contributed by atoms with Crippen molar-refractivity contribution in [2.75, 3.05) is 6.61 Å². The SMILES string of the molecule is CCCOC(=O)c1cccc(COc2ccc(OCc3ccccc3)cc2)c1. The molecule has 0 saturated heterocycles. The second kappa shape index (κ2) is 10.2. The van der Waals surface area contributed by atoms with Crippen LogP contribution in [0.5, 0.6) is 11.5 Å². The Labute approximate surface area is 165 Å². The lowest BCUT2D eigenvalue weighted by Crippen LogP contribution is -2.06. The van der Waals surface area contributed by atoms with Gasteiger partial charge in [0.05, 0.1) is 12.2 Å². The van der Waals surface area contributed by atoms with Crippen molar-refractivity contribution in [1.82, 2.24) is 0 Å². The van der Waals surface area contributed by atoms with Crippen LogP contribution in [0.1, 0.15) is 34.8 Å². The van der Waals surface area contributed by atoms with Gasteiger partial charge in [-0.15, -0.1) is 0 Å². The molecule has 0 radical (unpaired) electrons. The van der Waals surface area contributed by atoms with Crippen LogP contribution in [0.25, 0.3) is 0 Å². The van der Waals surface area contributed by atoms with Gasteiger partial charge < -0.3 is 14.2 Å². The third-order valence-electron chi connectivity index (χ3n) is 4.08. The summed E-state index contributed by atoms with van der Waals surface area (Å²) in [5.74, 6) is 1.23. The molecule has 0 unspecified atom stereocenters. The molecule has 0 aliphatic heterocycles. The van der Waals surface area contributed by atoms with Gasteiger partial charge in [0.15, 0.2) is 0 Å². The Hall–Kier alpha value is -3.27. The highest BCUT2D eigenvalue weighted by molar-refractivity contribution is 5.89. The van der Waals surface area contributed by atoms with Crippen molar-refractivity contribution in [3.8, 4) is 11.5 Å². The van der Waals surface area contributed by atoms with Crippen LogP contribution in [-0.4, -0.2) is 12.6 Å². The smallest absolute Gasteiger partial charge is 0.338 e. The predicted molar refractivity (Wildman–Crippen MR) is 109 cm³/mol. The minimum atomic E-state index is -0.302. The summed E-state index contributed by atoms with van der Waals surface area (Å²) >= 11 is 0. The monoisotopic (exact) mass is 376 g/mol. The van der Waals surface area contributed by atoms with E-state index < -0.39 is 0 Å². The second-order valence-corrected chi connectivity index (χ2v) is 6.37. The highest BCUT2D eigenvalue weighted by Crippen LogP contribution is 2.20. The topological polar surface area (TPSA) is 44.8 Å². The molecule has 0 atom stereocenters. The zero-order chi connectivity index (χ0) is 19.6. The lowest BCUT2D eigenvalue weighted by atomic mass is 10.1. The molecule has 4 nitrogen and oxygen atoms in total. The van der Waals surface area contributed by atoms with Crippen molar-refractivity contribution in [2.24, 2.45) is 0 Å². The van der Waals surface area contributed by atoms with Gasteiger partial charge in [-0.1, -0.05) is 49.4 Å². The van der Waals surface area contributed by atoms with Crippen LogP contribution < -0.4 is 9.47 Å². The van der Waals surface area contributed by atoms with E-state index in [0.717, 1.165) is 29.0 Å². The number of hydrogen-bond acceptors (Lipinski definition) is 4. The van der Waals surface area contributed by atoms with Gasteiger partial charge in [0, 0.05) is 0 Å². The number of carbonyl (C=O) groups is 1. The van der Waals surface area contributed by atoms with E-state index in [2.05, 4.69) is 0 Å². The first-order chi connectivity index (χ1) is 13.7. The van der Waals surface area contributed by atoms with Gasteiger partial charge in [0.2, 0.25) is 0 Å². The summed E-state index contributed by atoms with van der Waals surface area (Å²) in [6.45, 7) is 3.30. The molecule has 0 heterocycles. The molecule has 0 amide bonds. The molecule has 0 saturated carbocycles. The minimum Gasteiger partial charge on any atom is -0.489 e. The number of carbonyl (C=O) groups excluding carboxylic acids is 1. The van der Waals surface area contributed by atoms with Gasteiger partial charge in [0.25, 0.3) is 0 Å². The summed E-state index contributed by atoms with van der Waals surface area (Å²) in [5.41, 5.74) is 2.58. The third kappa shape index (κ3) is 5.88. The average molecular weight is 376 g/mol. The Bertz CT molecular complexity index is 873. The molecule has 0 aromatic heterocycles. The van der Waals surface area contributed by atoms with Crippen molar-refractivity contribution < 1.29 is 19.0 Å². The van der Waals surface area contributed by atoms with E-state index >= 15 is 0 Å². The highest BCUT2D eigenvalue weighted by atomic mass is 16.5. The molecule has 4 heteroatoms. The maximum atomic E-state index is 12.0. The fourth-order valence-electron chi connectivity index (χ4n) is 2.61. The average Bonchev–Trinajstić information content (AvgIpc) is 2.76. The van der Waals surface area contributed by atoms with Gasteiger partial charge in [0.1, 0.15) is 24.7 Å². The molecule has 144 valence electrons. The number of rotatable bonds is 9. The summed E-state index contributed by atoms with van der Waals surface area (Å²) < 4.78 is 16.8. The van der Waals surface area contributed by atoms with Crippen molar-refractivity contribution in [2.45, 2.75) is 26.6 Å². The second-order valence-electron chi connectivity index (χ2n) is 6.37.